The number of nitrogens with zero attached hydrogens (tertiary/aromatic N) is 1. The molecule has 2 unspecified atom stereocenters. The van der Waals surface area contributed by atoms with Crippen LogP contribution in [0.25, 0.3) is 0 Å². The average Bonchev–Trinajstić information content (AvgIpc) is 2.65. The third kappa shape index (κ3) is 3.80. The van der Waals surface area contributed by atoms with Crippen LogP contribution in [0.5, 0.6) is 0 Å². The van der Waals surface area contributed by atoms with Crippen molar-refractivity contribution in [1.29, 1.82) is 0 Å². The molecule has 0 aliphatic carbocycles. The van der Waals surface area contributed by atoms with Gasteiger partial charge in [0.2, 0.25) is 0 Å². The van der Waals surface area contributed by atoms with Gasteiger partial charge in [-0.2, -0.15) is 0 Å². The van der Waals surface area contributed by atoms with E-state index in [4.69, 9.17) is 9.84 Å². The zero-order chi connectivity index (χ0) is 11.3. The Morgan fingerprint density at radius 1 is 1.67 bits per heavy atom. The highest BCUT2D eigenvalue weighted by molar-refractivity contribution is 5.73. The number of carbonyl (C=O) groups is 1. The van der Waals surface area contributed by atoms with Crippen molar-refractivity contribution in [1.82, 2.24) is 4.90 Å². The summed E-state index contributed by atoms with van der Waals surface area (Å²) in [4.78, 5) is 12.9. The summed E-state index contributed by atoms with van der Waals surface area (Å²) < 4.78 is 5.50. The Labute approximate surface area is 91.2 Å². The maximum atomic E-state index is 11.0. The lowest BCUT2D eigenvalue weighted by Crippen LogP contribution is -2.42. The summed E-state index contributed by atoms with van der Waals surface area (Å²) >= 11 is 0. The first kappa shape index (κ1) is 12.5. The Bertz CT molecular complexity index is 202. The molecular formula is C11H21NO3. The van der Waals surface area contributed by atoms with Gasteiger partial charge in [-0.3, -0.25) is 9.69 Å². The summed E-state index contributed by atoms with van der Waals surface area (Å²) in [6.07, 6.45) is 3.99. The number of rotatable bonds is 6. The zero-order valence-electron chi connectivity index (χ0n) is 9.61. The SMILES string of the molecule is CCCC(C(=O)O)N(C)CC1CCCO1. The van der Waals surface area contributed by atoms with Crippen LogP contribution in [0.2, 0.25) is 0 Å². The molecule has 4 nitrogen and oxygen atoms in total. The molecule has 4 heteroatoms. The number of hydrogen-bond acceptors (Lipinski definition) is 3. The van der Waals surface area contributed by atoms with Crippen molar-refractivity contribution in [2.24, 2.45) is 0 Å². The third-order valence-electron chi connectivity index (χ3n) is 2.89. The van der Waals surface area contributed by atoms with E-state index in [2.05, 4.69) is 0 Å². The minimum Gasteiger partial charge on any atom is -0.480 e. The van der Waals surface area contributed by atoms with Crippen molar-refractivity contribution in [3.05, 3.63) is 0 Å². The van der Waals surface area contributed by atoms with Gasteiger partial charge in [-0.05, 0) is 26.3 Å². The van der Waals surface area contributed by atoms with Crippen molar-refractivity contribution in [3.63, 3.8) is 0 Å². The molecule has 1 heterocycles. The minimum absolute atomic E-state index is 0.230. The molecule has 0 amide bonds. The van der Waals surface area contributed by atoms with E-state index in [1.165, 1.54) is 0 Å². The zero-order valence-corrected chi connectivity index (χ0v) is 9.61. The van der Waals surface area contributed by atoms with Gasteiger partial charge in [-0.15, -0.1) is 0 Å². The summed E-state index contributed by atoms with van der Waals surface area (Å²) in [7, 11) is 1.87. The summed E-state index contributed by atoms with van der Waals surface area (Å²) in [5.41, 5.74) is 0. The number of aliphatic carboxylic acids is 1. The van der Waals surface area contributed by atoms with Crippen molar-refractivity contribution in [2.45, 2.75) is 44.8 Å². The Kier molecular flexibility index (Phi) is 5.05. The van der Waals surface area contributed by atoms with Gasteiger partial charge in [0.05, 0.1) is 6.10 Å². The van der Waals surface area contributed by atoms with Gasteiger partial charge in [-0.25, -0.2) is 0 Å². The van der Waals surface area contributed by atoms with E-state index in [1.54, 1.807) is 0 Å². The molecule has 1 aliphatic rings. The molecule has 0 aromatic heterocycles. The fourth-order valence-electron chi connectivity index (χ4n) is 2.04. The van der Waals surface area contributed by atoms with Crippen molar-refractivity contribution in [2.75, 3.05) is 20.2 Å². The number of likely N-dealkylation sites (N-methyl/N-ethyl adjacent to an activating group) is 1. The van der Waals surface area contributed by atoms with Crippen LogP contribution in [-0.4, -0.2) is 48.3 Å². The van der Waals surface area contributed by atoms with Crippen LogP contribution in [0.4, 0.5) is 0 Å². The van der Waals surface area contributed by atoms with E-state index < -0.39 is 5.97 Å². The van der Waals surface area contributed by atoms with Crippen molar-refractivity contribution >= 4 is 5.97 Å². The molecule has 1 fully saturated rings. The Morgan fingerprint density at radius 3 is 2.87 bits per heavy atom. The number of ether oxygens (including phenoxy) is 1. The van der Waals surface area contributed by atoms with E-state index in [1.807, 2.05) is 18.9 Å². The van der Waals surface area contributed by atoms with Gasteiger partial charge in [0.1, 0.15) is 6.04 Å². The van der Waals surface area contributed by atoms with Crippen LogP contribution >= 0.6 is 0 Å². The topological polar surface area (TPSA) is 49.8 Å². The fraction of sp³-hybridized carbons (Fsp3) is 0.909. The lowest BCUT2D eigenvalue weighted by Gasteiger charge is -2.26. The summed E-state index contributed by atoms with van der Waals surface area (Å²) in [6.45, 7) is 3.57. The van der Waals surface area contributed by atoms with Gasteiger partial charge >= 0.3 is 5.97 Å². The molecule has 1 aliphatic heterocycles. The molecule has 1 rings (SSSR count). The van der Waals surface area contributed by atoms with Crippen LogP contribution in [0.3, 0.4) is 0 Å². The Morgan fingerprint density at radius 2 is 2.40 bits per heavy atom. The van der Waals surface area contributed by atoms with Crippen LogP contribution in [0, 0.1) is 0 Å². The Hall–Kier alpha value is -0.610. The molecule has 0 bridgehead atoms. The van der Waals surface area contributed by atoms with E-state index in [0.29, 0.717) is 6.42 Å². The summed E-state index contributed by atoms with van der Waals surface area (Å²) in [5, 5.41) is 9.07. The van der Waals surface area contributed by atoms with Crippen molar-refractivity contribution in [3.8, 4) is 0 Å². The molecule has 0 radical (unpaired) electrons. The fourth-order valence-corrected chi connectivity index (χ4v) is 2.04. The largest absolute Gasteiger partial charge is 0.480 e. The van der Waals surface area contributed by atoms with E-state index in [9.17, 15) is 4.79 Å². The molecule has 2 atom stereocenters. The monoisotopic (exact) mass is 215 g/mol. The van der Waals surface area contributed by atoms with Crippen LogP contribution in [-0.2, 0) is 9.53 Å². The average molecular weight is 215 g/mol. The van der Waals surface area contributed by atoms with Crippen LogP contribution in [0.15, 0.2) is 0 Å². The van der Waals surface area contributed by atoms with Gasteiger partial charge in [0.25, 0.3) is 0 Å². The second-order valence-corrected chi connectivity index (χ2v) is 4.22. The molecule has 1 saturated heterocycles. The highest BCUT2D eigenvalue weighted by Crippen LogP contribution is 2.15. The second kappa shape index (κ2) is 6.08. The maximum absolute atomic E-state index is 11.0. The lowest BCUT2D eigenvalue weighted by molar-refractivity contribution is -0.143. The second-order valence-electron chi connectivity index (χ2n) is 4.22. The number of carboxylic acids is 1. The molecule has 0 saturated carbocycles. The van der Waals surface area contributed by atoms with E-state index in [-0.39, 0.29) is 12.1 Å². The lowest BCUT2D eigenvalue weighted by atomic mass is 10.1. The van der Waals surface area contributed by atoms with Gasteiger partial charge in [0.15, 0.2) is 0 Å². The third-order valence-corrected chi connectivity index (χ3v) is 2.89. The minimum atomic E-state index is -0.725. The maximum Gasteiger partial charge on any atom is 0.320 e. The first-order valence-corrected chi connectivity index (χ1v) is 5.69. The number of carboxylic acid groups (broad SMARTS) is 1. The van der Waals surface area contributed by atoms with E-state index in [0.717, 1.165) is 32.4 Å². The molecule has 0 aromatic rings. The smallest absolute Gasteiger partial charge is 0.320 e. The van der Waals surface area contributed by atoms with Crippen molar-refractivity contribution < 1.29 is 14.6 Å². The van der Waals surface area contributed by atoms with E-state index >= 15 is 0 Å². The molecule has 0 spiro atoms. The first-order valence-electron chi connectivity index (χ1n) is 5.69. The predicted octanol–water partition coefficient (Wildman–Crippen LogP) is 1.35. The standard InChI is InChI=1S/C11H21NO3/c1-3-5-10(11(13)14)12(2)8-9-6-4-7-15-9/h9-10H,3-8H2,1-2H3,(H,13,14). The molecule has 15 heavy (non-hydrogen) atoms. The van der Waals surface area contributed by atoms with Crippen LogP contribution in [0.1, 0.15) is 32.6 Å². The van der Waals surface area contributed by atoms with Gasteiger partial charge < -0.3 is 9.84 Å². The molecule has 88 valence electrons. The Balaban J connectivity index is 2.40. The summed E-state index contributed by atoms with van der Waals surface area (Å²) in [5.74, 6) is -0.725. The normalized spacial score (nSPS) is 23.3. The molecule has 0 aromatic carbocycles. The summed E-state index contributed by atoms with van der Waals surface area (Å²) in [6, 6.07) is -0.362. The highest BCUT2D eigenvalue weighted by atomic mass is 16.5. The first-order chi connectivity index (χ1) is 7.15. The van der Waals surface area contributed by atoms with Gasteiger partial charge in [0, 0.05) is 13.2 Å². The molecular weight excluding hydrogens is 194 g/mol. The van der Waals surface area contributed by atoms with Crippen LogP contribution < -0.4 is 0 Å². The predicted molar refractivity (Wildman–Crippen MR) is 57.9 cm³/mol. The quantitative estimate of drug-likeness (QED) is 0.726. The van der Waals surface area contributed by atoms with Gasteiger partial charge in [-0.1, -0.05) is 13.3 Å². The number of hydrogen-bond donors (Lipinski definition) is 1. The molecule has 1 N–H and O–H groups in total. The highest BCUT2D eigenvalue weighted by Gasteiger charge is 2.25.